The van der Waals surface area contributed by atoms with Gasteiger partial charge in [-0.05, 0) is 56.3 Å². The van der Waals surface area contributed by atoms with Crippen LogP contribution in [0.4, 0.5) is 0 Å². The van der Waals surface area contributed by atoms with E-state index >= 15 is 0 Å². The summed E-state index contributed by atoms with van der Waals surface area (Å²) in [6.45, 7) is 2.28. The third kappa shape index (κ3) is 1.21. The molecule has 2 saturated heterocycles. The maximum absolute atomic E-state index is 12.5. The van der Waals surface area contributed by atoms with Gasteiger partial charge in [0.05, 0.1) is 6.10 Å². The summed E-state index contributed by atoms with van der Waals surface area (Å²) >= 11 is 0. The second-order valence-corrected chi connectivity index (χ2v) is 9.82. The lowest BCUT2D eigenvalue weighted by Crippen LogP contribution is -2.53. The number of carbonyl (C=O) groups is 1. The van der Waals surface area contributed by atoms with Crippen molar-refractivity contribution in [3.63, 3.8) is 0 Å². The standard InChI is InChI=1S/C20H28O3/c1-17-7-6-14-12(13(17)3-4-15(17)21)5-8-18-11-19(22-2)9-10-20(14,18)16(18)23-19/h12-14,16H,3-11H2,1-2H3/t12-,13-,14-,16?,17-,18+,19-,20+/m0/s1. The van der Waals surface area contributed by atoms with Crippen molar-refractivity contribution in [3.05, 3.63) is 0 Å². The predicted molar refractivity (Wildman–Crippen MR) is 84.6 cm³/mol. The van der Waals surface area contributed by atoms with Gasteiger partial charge in [0.2, 0.25) is 0 Å². The van der Waals surface area contributed by atoms with Gasteiger partial charge in [-0.2, -0.15) is 0 Å². The molecule has 7 aliphatic rings. The van der Waals surface area contributed by atoms with E-state index in [0.29, 0.717) is 28.6 Å². The summed E-state index contributed by atoms with van der Waals surface area (Å²) in [5, 5.41) is 0. The van der Waals surface area contributed by atoms with Gasteiger partial charge in [0, 0.05) is 42.6 Å². The van der Waals surface area contributed by atoms with Crippen molar-refractivity contribution < 1.29 is 14.3 Å². The van der Waals surface area contributed by atoms with Crippen LogP contribution in [0.3, 0.4) is 0 Å². The number of methoxy groups -OCH3 is 1. The number of Topliss-reactive ketones (excluding diaryl/α,β-unsaturated/α-hetero) is 1. The molecule has 7 fully saturated rings. The Labute approximate surface area is 138 Å². The Morgan fingerprint density at radius 3 is 2.78 bits per heavy atom. The van der Waals surface area contributed by atoms with Gasteiger partial charge in [-0.3, -0.25) is 4.79 Å². The molecular weight excluding hydrogens is 288 g/mol. The molecule has 8 atom stereocenters. The van der Waals surface area contributed by atoms with Crippen molar-refractivity contribution in [3.8, 4) is 0 Å². The molecular formula is C20H28O3. The van der Waals surface area contributed by atoms with Crippen molar-refractivity contribution in [2.75, 3.05) is 7.11 Å². The first-order valence-electron chi connectivity index (χ1n) is 9.78. The van der Waals surface area contributed by atoms with E-state index in [-0.39, 0.29) is 11.2 Å². The average Bonchev–Trinajstić information content (AvgIpc) is 2.83. The molecule has 0 N–H and O–H groups in total. The summed E-state index contributed by atoms with van der Waals surface area (Å²) in [5.74, 6) is 2.59. The molecule has 126 valence electrons. The molecule has 3 heteroatoms. The lowest BCUT2D eigenvalue weighted by Gasteiger charge is -2.56. The van der Waals surface area contributed by atoms with Crippen molar-refractivity contribution in [1.29, 1.82) is 0 Å². The van der Waals surface area contributed by atoms with E-state index < -0.39 is 0 Å². The number of hydrogen-bond acceptors (Lipinski definition) is 3. The Morgan fingerprint density at radius 2 is 1.96 bits per heavy atom. The van der Waals surface area contributed by atoms with E-state index in [4.69, 9.17) is 9.47 Å². The molecule has 5 saturated carbocycles. The highest BCUT2D eigenvalue weighted by Crippen LogP contribution is 2.88. The molecule has 3 nitrogen and oxygen atoms in total. The quantitative estimate of drug-likeness (QED) is 0.740. The Bertz CT molecular complexity index is 616. The van der Waals surface area contributed by atoms with Crippen molar-refractivity contribution >= 4 is 5.78 Å². The van der Waals surface area contributed by atoms with Crippen molar-refractivity contribution in [2.45, 2.75) is 76.6 Å². The highest BCUT2D eigenvalue weighted by molar-refractivity contribution is 5.87. The van der Waals surface area contributed by atoms with Gasteiger partial charge in [0.25, 0.3) is 0 Å². The summed E-state index contributed by atoms with van der Waals surface area (Å²) < 4.78 is 12.3. The first kappa shape index (κ1) is 13.8. The summed E-state index contributed by atoms with van der Waals surface area (Å²) in [6, 6.07) is 0. The van der Waals surface area contributed by atoms with Crippen LogP contribution >= 0.6 is 0 Å². The van der Waals surface area contributed by atoms with Crippen LogP contribution in [0.15, 0.2) is 0 Å². The predicted octanol–water partition coefficient (Wildman–Crippen LogP) is 3.70. The molecule has 0 aromatic rings. The SMILES string of the molecule is CO[C@@]12CC[C@@]34C(O1)[C@@]3(CC[C@@H]1[C@@H]4CC[C@]3(C)C(=O)CC[C@@H]13)C2. The molecule has 4 bridgehead atoms. The number of hydrogen-bond donors (Lipinski definition) is 0. The zero-order valence-electron chi connectivity index (χ0n) is 14.4. The molecule has 0 amide bonds. The van der Waals surface area contributed by atoms with Crippen LogP contribution in [-0.2, 0) is 14.3 Å². The largest absolute Gasteiger partial charge is 0.353 e. The summed E-state index contributed by atoms with van der Waals surface area (Å²) in [4.78, 5) is 12.5. The van der Waals surface area contributed by atoms with Crippen LogP contribution in [0, 0.1) is 34.0 Å². The number of ketones is 1. The van der Waals surface area contributed by atoms with Gasteiger partial charge in [-0.1, -0.05) is 6.92 Å². The van der Waals surface area contributed by atoms with Crippen LogP contribution in [0.25, 0.3) is 0 Å². The Hall–Kier alpha value is -0.410. The third-order valence-electron chi connectivity index (χ3n) is 9.75. The maximum atomic E-state index is 12.5. The molecule has 1 unspecified atom stereocenters. The molecule has 7 rings (SSSR count). The van der Waals surface area contributed by atoms with Crippen LogP contribution < -0.4 is 0 Å². The summed E-state index contributed by atoms with van der Waals surface area (Å²) in [7, 11) is 1.83. The molecule has 0 aromatic carbocycles. The zero-order valence-corrected chi connectivity index (χ0v) is 14.4. The normalized spacial score (nSPS) is 65.0. The second kappa shape index (κ2) is 3.72. The monoisotopic (exact) mass is 316 g/mol. The molecule has 0 aromatic heterocycles. The minimum absolute atomic E-state index is 0.0120. The van der Waals surface area contributed by atoms with Gasteiger partial charge in [0.1, 0.15) is 5.78 Å². The number of fused-ring (bicyclic) bond motifs is 4. The molecule has 2 aliphatic heterocycles. The van der Waals surface area contributed by atoms with Crippen molar-refractivity contribution in [1.82, 2.24) is 0 Å². The van der Waals surface area contributed by atoms with E-state index in [0.717, 1.165) is 43.9 Å². The minimum atomic E-state index is -0.244. The van der Waals surface area contributed by atoms with Gasteiger partial charge < -0.3 is 9.47 Å². The second-order valence-electron chi connectivity index (χ2n) is 9.82. The smallest absolute Gasteiger partial charge is 0.169 e. The van der Waals surface area contributed by atoms with E-state index in [1.165, 1.54) is 25.7 Å². The number of rotatable bonds is 1. The van der Waals surface area contributed by atoms with Gasteiger partial charge in [-0.25, -0.2) is 0 Å². The highest BCUT2D eigenvalue weighted by atomic mass is 16.7. The van der Waals surface area contributed by atoms with Gasteiger partial charge >= 0.3 is 0 Å². The topological polar surface area (TPSA) is 35.5 Å². The van der Waals surface area contributed by atoms with Crippen LogP contribution in [0.1, 0.15) is 64.7 Å². The zero-order chi connectivity index (χ0) is 15.7. The van der Waals surface area contributed by atoms with E-state index in [2.05, 4.69) is 6.92 Å². The van der Waals surface area contributed by atoms with Gasteiger partial charge in [-0.15, -0.1) is 0 Å². The first-order chi connectivity index (χ1) is 11.0. The lowest BCUT2D eigenvalue weighted by molar-refractivity contribution is -0.264. The molecule has 23 heavy (non-hydrogen) atoms. The Morgan fingerprint density at radius 1 is 1.09 bits per heavy atom. The molecule has 5 aliphatic carbocycles. The molecule has 2 heterocycles. The Balaban J connectivity index is 1.38. The minimum Gasteiger partial charge on any atom is -0.353 e. The third-order valence-corrected chi connectivity index (χ3v) is 9.75. The van der Waals surface area contributed by atoms with E-state index in [1.807, 2.05) is 7.11 Å². The maximum Gasteiger partial charge on any atom is 0.169 e. The highest BCUT2D eigenvalue weighted by Gasteiger charge is 2.89. The number of ether oxygens (including phenoxy) is 2. The fourth-order valence-corrected chi connectivity index (χ4v) is 8.74. The van der Waals surface area contributed by atoms with E-state index in [1.54, 1.807) is 0 Å². The first-order valence-corrected chi connectivity index (χ1v) is 9.78. The Kier molecular flexibility index (Phi) is 2.24. The summed E-state index contributed by atoms with van der Waals surface area (Å²) in [5.41, 5.74) is 0.917. The fraction of sp³-hybridized carbons (Fsp3) is 0.950. The van der Waals surface area contributed by atoms with Gasteiger partial charge in [0.15, 0.2) is 5.79 Å². The summed E-state index contributed by atoms with van der Waals surface area (Å²) in [6.07, 6.45) is 11.1. The van der Waals surface area contributed by atoms with Crippen LogP contribution in [0.5, 0.6) is 0 Å². The average molecular weight is 316 g/mol. The number of carbonyl (C=O) groups excluding carboxylic acids is 1. The fourth-order valence-electron chi connectivity index (χ4n) is 8.74. The molecule has 2 spiro atoms. The van der Waals surface area contributed by atoms with Crippen LogP contribution in [0.2, 0.25) is 0 Å². The molecule has 0 radical (unpaired) electrons. The van der Waals surface area contributed by atoms with Crippen LogP contribution in [-0.4, -0.2) is 24.8 Å². The van der Waals surface area contributed by atoms with Crippen molar-refractivity contribution in [2.24, 2.45) is 34.0 Å². The lowest BCUT2D eigenvalue weighted by atomic mass is 9.50. The van der Waals surface area contributed by atoms with E-state index in [9.17, 15) is 4.79 Å².